The van der Waals surface area contributed by atoms with Crippen molar-refractivity contribution >= 4 is 40.0 Å². The summed E-state index contributed by atoms with van der Waals surface area (Å²) in [4.78, 5) is 51.0. The summed E-state index contributed by atoms with van der Waals surface area (Å²) in [7, 11) is 1.70. The van der Waals surface area contributed by atoms with Crippen LogP contribution < -0.4 is 10.7 Å². The summed E-state index contributed by atoms with van der Waals surface area (Å²) in [6, 6.07) is 8.96. The Morgan fingerprint density at radius 2 is 2.06 bits per heavy atom. The molecule has 7 rings (SSSR count). The second-order valence-electron chi connectivity index (χ2n) is 15.2. The molecule has 2 N–H and O–H groups in total. The maximum Gasteiger partial charge on any atom is 0.324 e. The number of benzene rings is 1. The predicted molar refractivity (Wildman–Crippen MR) is 203 cm³/mol. The van der Waals surface area contributed by atoms with Crippen LogP contribution in [0.5, 0.6) is 0 Å². The van der Waals surface area contributed by atoms with Crippen LogP contribution in [-0.2, 0) is 48.0 Å². The average molecular weight is 743 g/mol. The highest BCUT2D eigenvalue weighted by atomic mass is 32.1. The van der Waals surface area contributed by atoms with Crippen molar-refractivity contribution in [1.29, 1.82) is 0 Å². The number of rotatable bonds is 6. The van der Waals surface area contributed by atoms with Gasteiger partial charge in [-0.25, -0.2) is 10.4 Å². The zero-order valence-electron chi connectivity index (χ0n) is 31.3. The van der Waals surface area contributed by atoms with E-state index in [4.69, 9.17) is 24.2 Å². The van der Waals surface area contributed by atoms with Gasteiger partial charge in [-0.3, -0.25) is 24.4 Å². The highest BCUT2D eigenvalue weighted by Gasteiger charge is 2.36. The Labute approximate surface area is 314 Å². The number of fused-ring (bicyclic) bond motifs is 6. The van der Waals surface area contributed by atoms with E-state index in [2.05, 4.69) is 60.3 Å². The number of hydrogen-bond acceptors (Lipinski definition) is 10. The second-order valence-corrected chi connectivity index (χ2v) is 16.1. The number of aryl methyl sites for hydroxylation is 1. The van der Waals surface area contributed by atoms with Gasteiger partial charge in [-0.1, -0.05) is 19.9 Å². The maximum atomic E-state index is 14.1. The third-order valence-corrected chi connectivity index (χ3v) is 11.6. The fraction of sp³-hybridized carbons (Fsp3) is 0.525. The number of ether oxygens (including phenoxy) is 3. The van der Waals surface area contributed by atoms with Gasteiger partial charge in [0.25, 0.3) is 5.91 Å². The zero-order chi connectivity index (χ0) is 37.3. The normalized spacial score (nSPS) is 23.0. The number of cyclic esters (lactones) is 1. The molecular formula is C40H50N6O6S. The lowest BCUT2D eigenvalue weighted by molar-refractivity contribution is -0.155. The van der Waals surface area contributed by atoms with Crippen molar-refractivity contribution in [2.45, 2.75) is 91.0 Å². The number of esters is 1. The second kappa shape index (κ2) is 15.7. The molecule has 2 fully saturated rings. The van der Waals surface area contributed by atoms with Crippen molar-refractivity contribution in [1.82, 2.24) is 30.3 Å². The third kappa shape index (κ3) is 7.75. The van der Waals surface area contributed by atoms with E-state index in [1.54, 1.807) is 13.3 Å². The first-order chi connectivity index (χ1) is 25.6. The Kier molecular flexibility index (Phi) is 11.0. The molecular weight excluding hydrogens is 693 g/mol. The highest BCUT2D eigenvalue weighted by Crippen LogP contribution is 2.42. The summed E-state index contributed by atoms with van der Waals surface area (Å²) in [6.07, 6.45) is 5.08. The van der Waals surface area contributed by atoms with E-state index in [9.17, 15) is 14.4 Å². The van der Waals surface area contributed by atoms with Gasteiger partial charge in [0.05, 0.1) is 47.3 Å². The number of pyridine rings is 1. The number of carbonyl (C=O) groups excluding carboxylic acids is 3. The van der Waals surface area contributed by atoms with Gasteiger partial charge < -0.3 is 24.1 Å². The van der Waals surface area contributed by atoms with Gasteiger partial charge in [0.15, 0.2) is 0 Å². The SMILES string of the molecule is CCn1c(-c2cccnc2[C@H](C)OC)c2c3cc(ccc31)-c1csc(n1)C[C@H](NC(=O)C1CCCOC1)C(=O)N1CCC[C@H](N1)C(=O)OCC(C)(C)C2. The third-order valence-electron chi connectivity index (χ3n) is 10.7. The van der Waals surface area contributed by atoms with E-state index < -0.39 is 23.5 Å². The quantitative estimate of drug-likeness (QED) is 0.241. The number of methoxy groups -OCH3 is 1. The van der Waals surface area contributed by atoms with E-state index in [0.29, 0.717) is 45.4 Å². The number of hydrazine groups is 1. The summed E-state index contributed by atoms with van der Waals surface area (Å²) in [5, 5.41) is 8.35. The molecule has 0 spiro atoms. The van der Waals surface area contributed by atoms with Crippen molar-refractivity contribution in [2.75, 3.05) is 33.5 Å². The van der Waals surface area contributed by atoms with Gasteiger partial charge in [0.1, 0.15) is 12.1 Å². The summed E-state index contributed by atoms with van der Waals surface area (Å²) >= 11 is 1.47. The molecule has 53 heavy (non-hydrogen) atoms. The fourth-order valence-corrected chi connectivity index (χ4v) is 8.65. The van der Waals surface area contributed by atoms with Crippen LogP contribution in [0.1, 0.15) is 75.7 Å². The number of hydrogen-bond donors (Lipinski definition) is 2. The Bertz CT molecular complexity index is 1980. The summed E-state index contributed by atoms with van der Waals surface area (Å²) in [5.41, 5.74) is 9.62. The first-order valence-electron chi connectivity index (χ1n) is 18.8. The molecule has 13 heteroatoms. The number of thiazole rings is 1. The molecule has 4 atom stereocenters. The van der Waals surface area contributed by atoms with Gasteiger partial charge in [-0.15, -0.1) is 11.3 Å². The molecule has 1 aromatic carbocycles. The number of nitrogens with one attached hydrogen (secondary N) is 2. The first-order valence-corrected chi connectivity index (χ1v) is 19.6. The van der Waals surface area contributed by atoms with Crippen LogP contribution >= 0.6 is 11.3 Å². The summed E-state index contributed by atoms with van der Waals surface area (Å²) in [5.74, 6) is -1.23. The Morgan fingerprint density at radius 1 is 1.21 bits per heavy atom. The van der Waals surface area contributed by atoms with Gasteiger partial charge in [-0.2, -0.15) is 0 Å². The minimum absolute atomic E-state index is 0.182. The number of nitrogens with zero attached hydrogens (tertiary/aromatic N) is 4. The van der Waals surface area contributed by atoms with E-state index >= 15 is 0 Å². The average Bonchev–Trinajstić information content (AvgIpc) is 3.77. The highest BCUT2D eigenvalue weighted by molar-refractivity contribution is 7.10. The lowest BCUT2D eigenvalue weighted by Crippen LogP contribution is -2.61. The molecule has 6 bridgehead atoms. The zero-order valence-corrected chi connectivity index (χ0v) is 32.1. The molecule has 0 saturated carbocycles. The molecule has 282 valence electrons. The molecule has 6 heterocycles. The Balaban J connectivity index is 1.34. The van der Waals surface area contributed by atoms with Crippen molar-refractivity contribution in [2.24, 2.45) is 11.3 Å². The van der Waals surface area contributed by atoms with Gasteiger partial charge in [-0.05, 0) is 75.8 Å². The molecule has 0 aliphatic carbocycles. The van der Waals surface area contributed by atoms with Crippen molar-refractivity contribution in [3.8, 4) is 22.5 Å². The molecule has 2 saturated heterocycles. The summed E-state index contributed by atoms with van der Waals surface area (Å²) in [6.45, 7) is 10.7. The van der Waals surface area contributed by atoms with Crippen molar-refractivity contribution < 1.29 is 28.6 Å². The summed E-state index contributed by atoms with van der Waals surface area (Å²) < 4.78 is 19.8. The molecule has 1 unspecified atom stereocenters. The Hall–Kier alpha value is -4.17. The van der Waals surface area contributed by atoms with Crippen LogP contribution in [0.3, 0.4) is 0 Å². The largest absolute Gasteiger partial charge is 0.464 e. The van der Waals surface area contributed by atoms with Crippen LogP contribution in [0.2, 0.25) is 0 Å². The first kappa shape index (κ1) is 37.2. The smallest absolute Gasteiger partial charge is 0.324 e. The van der Waals surface area contributed by atoms with E-state index in [-0.39, 0.29) is 36.9 Å². The molecule has 3 aromatic heterocycles. The van der Waals surface area contributed by atoms with E-state index in [1.165, 1.54) is 16.3 Å². The molecule has 2 amide bonds. The topological polar surface area (TPSA) is 137 Å². The number of carbonyl (C=O) groups is 3. The van der Waals surface area contributed by atoms with Crippen LogP contribution in [0.15, 0.2) is 41.9 Å². The van der Waals surface area contributed by atoms with E-state index in [0.717, 1.165) is 62.6 Å². The van der Waals surface area contributed by atoms with Crippen LogP contribution in [0.4, 0.5) is 0 Å². The molecule has 4 aromatic rings. The van der Waals surface area contributed by atoms with Crippen LogP contribution in [-0.4, -0.2) is 82.9 Å². The molecule has 12 nitrogen and oxygen atoms in total. The van der Waals surface area contributed by atoms with Crippen LogP contribution in [0.25, 0.3) is 33.4 Å². The molecule has 0 radical (unpaired) electrons. The van der Waals surface area contributed by atoms with Crippen molar-refractivity contribution in [3.63, 3.8) is 0 Å². The number of amides is 2. The van der Waals surface area contributed by atoms with E-state index in [1.807, 2.05) is 18.4 Å². The lowest BCUT2D eigenvalue weighted by Gasteiger charge is -2.36. The molecule has 3 aliphatic rings. The molecule has 3 aliphatic heterocycles. The Morgan fingerprint density at radius 3 is 2.83 bits per heavy atom. The van der Waals surface area contributed by atoms with Gasteiger partial charge in [0, 0.05) is 72.2 Å². The lowest BCUT2D eigenvalue weighted by atomic mass is 9.84. The van der Waals surface area contributed by atoms with Gasteiger partial charge >= 0.3 is 5.97 Å². The van der Waals surface area contributed by atoms with Crippen molar-refractivity contribution in [3.05, 3.63) is 58.2 Å². The minimum Gasteiger partial charge on any atom is -0.464 e. The maximum absolute atomic E-state index is 14.1. The standard InChI is InChI=1S/C40H50N6O6S/c1-6-45-33-14-13-25-18-28(33)29(36(45)27-11-7-15-41-35(27)24(2)50-5)20-40(3,4)23-52-39(49)30-12-8-16-46(44-30)38(48)31(19-34-42-32(25)22-53-34)43-37(47)26-10-9-17-51-21-26/h7,11,13-15,18,22,24,26,30-31,44H,6,8-10,12,16-17,19-21,23H2,1-5H3,(H,43,47)/t24-,26?,30-,31-/m0/s1. The predicted octanol–water partition coefficient (Wildman–Crippen LogP) is 5.63. The van der Waals surface area contributed by atoms with Gasteiger partial charge in [0.2, 0.25) is 5.91 Å². The van der Waals surface area contributed by atoms with Crippen LogP contribution in [0, 0.1) is 11.3 Å². The fourth-order valence-electron chi connectivity index (χ4n) is 7.80. The monoisotopic (exact) mass is 742 g/mol. The number of aromatic nitrogens is 3. The minimum atomic E-state index is -0.873.